The Morgan fingerprint density at radius 3 is 1.38 bits per heavy atom. The van der Waals surface area contributed by atoms with Crippen molar-refractivity contribution in [3.05, 3.63) is 79.2 Å². The highest BCUT2D eigenvalue weighted by Crippen LogP contribution is 2.34. The first-order chi connectivity index (χ1) is 14.8. The summed E-state index contributed by atoms with van der Waals surface area (Å²) in [6.45, 7) is 1.64. The quantitative estimate of drug-likeness (QED) is 0.336. The highest BCUT2D eigenvalue weighted by molar-refractivity contribution is 7.93. The van der Waals surface area contributed by atoms with Gasteiger partial charge >= 0.3 is 0 Å². The molecule has 3 aromatic carbocycles. The van der Waals surface area contributed by atoms with Crippen LogP contribution < -0.4 is 9.44 Å². The van der Waals surface area contributed by atoms with Crippen molar-refractivity contribution in [1.29, 1.82) is 0 Å². The van der Waals surface area contributed by atoms with Crippen molar-refractivity contribution in [3.63, 3.8) is 0 Å². The lowest BCUT2D eigenvalue weighted by atomic mass is 10.2. The molecule has 3 aromatic rings. The van der Waals surface area contributed by atoms with Gasteiger partial charge in [0, 0.05) is 5.02 Å². The van der Waals surface area contributed by atoms with E-state index in [1.165, 1.54) is 48.5 Å². The Morgan fingerprint density at radius 2 is 0.969 bits per heavy atom. The number of hydrogen-bond donors (Lipinski definition) is 2. The Kier molecular flexibility index (Phi) is 7.46. The van der Waals surface area contributed by atoms with Gasteiger partial charge in [-0.25, -0.2) is 16.8 Å². The van der Waals surface area contributed by atoms with Gasteiger partial charge in [-0.1, -0.05) is 58.0 Å². The predicted octanol–water partition coefficient (Wildman–Crippen LogP) is 6.86. The molecule has 3 rings (SSSR count). The van der Waals surface area contributed by atoms with Gasteiger partial charge < -0.3 is 0 Å². The first-order valence-electron chi connectivity index (χ1n) is 8.56. The second kappa shape index (κ2) is 9.46. The third-order valence-corrected chi connectivity index (χ3v) is 8.80. The van der Waals surface area contributed by atoms with Crippen molar-refractivity contribution in [1.82, 2.24) is 0 Å². The maximum atomic E-state index is 12.9. The number of sulfonamides is 2. The molecule has 0 bridgehead atoms. The second-order valence-electron chi connectivity index (χ2n) is 6.51. The van der Waals surface area contributed by atoms with Crippen LogP contribution in [0.4, 0.5) is 11.4 Å². The lowest BCUT2D eigenvalue weighted by Crippen LogP contribution is -2.18. The van der Waals surface area contributed by atoms with Crippen molar-refractivity contribution in [2.75, 3.05) is 9.44 Å². The topological polar surface area (TPSA) is 92.3 Å². The van der Waals surface area contributed by atoms with E-state index in [2.05, 4.69) is 9.44 Å². The molecular formula is C19H13Cl5N2O4S2. The van der Waals surface area contributed by atoms with Gasteiger partial charge in [0.15, 0.2) is 0 Å². The molecule has 6 nitrogen and oxygen atoms in total. The Balaban J connectivity index is 2.03. The fourth-order valence-corrected chi connectivity index (χ4v) is 5.63. The molecule has 0 aliphatic heterocycles. The molecule has 2 N–H and O–H groups in total. The molecule has 13 heteroatoms. The molecule has 0 saturated heterocycles. The predicted molar refractivity (Wildman–Crippen MR) is 131 cm³/mol. The summed E-state index contributed by atoms with van der Waals surface area (Å²) in [6.07, 6.45) is 0. The van der Waals surface area contributed by atoms with E-state index >= 15 is 0 Å². The Morgan fingerprint density at radius 1 is 0.562 bits per heavy atom. The molecular weight excluding hydrogens is 562 g/mol. The molecule has 0 fully saturated rings. The third kappa shape index (κ3) is 5.56. The van der Waals surface area contributed by atoms with E-state index < -0.39 is 20.0 Å². The molecule has 170 valence electrons. The average molecular weight is 575 g/mol. The van der Waals surface area contributed by atoms with Crippen molar-refractivity contribution in [2.24, 2.45) is 0 Å². The minimum absolute atomic E-state index is 0.0389. The Labute approximate surface area is 210 Å². The molecule has 0 aliphatic rings. The number of rotatable bonds is 6. The molecule has 0 atom stereocenters. The Bertz CT molecular complexity index is 1320. The molecule has 0 aliphatic carbocycles. The fraction of sp³-hybridized carbons (Fsp3) is 0.0526. The highest BCUT2D eigenvalue weighted by Gasteiger charge is 2.22. The van der Waals surface area contributed by atoms with Crippen LogP contribution >= 0.6 is 58.0 Å². The van der Waals surface area contributed by atoms with Crippen molar-refractivity contribution in [2.45, 2.75) is 16.7 Å². The van der Waals surface area contributed by atoms with Gasteiger partial charge in [0.05, 0.1) is 41.3 Å². The zero-order valence-corrected chi connectivity index (χ0v) is 21.4. The minimum Gasteiger partial charge on any atom is -0.277 e. The van der Waals surface area contributed by atoms with Crippen LogP contribution in [-0.2, 0) is 20.0 Å². The summed E-state index contributed by atoms with van der Waals surface area (Å²) in [7, 11) is -8.31. The summed E-state index contributed by atoms with van der Waals surface area (Å²) < 4.78 is 56.2. The molecule has 0 saturated carbocycles. The lowest BCUT2D eigenvalue weighted by molar-refractivity contribution is 0.599. The average Bonchev–Trinajstić information content (AvgIpc) is 2.69. The van der Waals surface area contributed by atoms with E-state index in [9.17, 15) is 16.8 Å². The van der Waals surface area contributed by atoms with E-state index in [1.807, 2.05) is 0 Å². The van der Waals surface area contributed by atoms with Crippen LogP contribution in [0.1, 0.15) is 5.56 Å². The number of benzene rings is 3. The van der Waals surface area contributed by atoms with E-state index in [0.29, 0.717) is 5.56 Å². The number of nitrogens with one attached hydrogen (secondary N) is 2. The van der Waals surface area contributed by atoms with Crippen molar-refractivity contribution >= 4 is 89.4 Å². The largest absolute Gasteiger partial charge is 0.277 e. The summed E-state index contributed by atoms with van der Waals surface area (Å²) in [6, 6.07) is 10.2. The number of hydrogen-bond acceptors (Lipinski definition) is 4. The molecule has 0 aromatic heterocycles. The van der Waals surface area contributed by atoms with Gasteiger partial charge in [0.25, 0.3) is 20.0 Å². The summed E-state index contributed by atoms with van der Waals surface area (Å²) in [5.74, 6) is 0. The van der Waals surface area contributed by atoms with E-state index in [0.717, 1.165) is 0 Å². The monoisotopic (exact) mass is 572 g/mol. The van der Waals surface area contributed by atoms with Gasteiger partial charge in [0.1, 0.15) is 0 Å². The minimum atomic E-state index is -4.16. The maximum Gasteiger partial charge on any atom is 0.262 e. The lowest BCUT2D eigenvalue weighted by Gasteiger charge is -2.17. The van der Waals surface area contributed by atoms with Gasteiger partial charge in [-0.3, -0.25) is 9.44 Å². The SMILES string of the molecule is Cc1cc(NS(=O)(=O)c2ccc(Cl)c(Cl)c2)c(NS(=O)(=O)c2ccc(Cl)c(Cl)c2)cc1Cl. The molecule has 32 heavy (non-hydrogen) atoms. The van der Waals surface area contributed by atoms with Gasteiger partial charge in [0.2, 0.25) is 0 Å². The number of aryl methyl sites for hydroxylation is 1. The van der Waals surface area contributed by atoms with Gasteiger partial charge in [-0.05, 0) is 61.0 Å². The molecule has 0 spiro atoms. The summed E-state index contributed by atoms with van der Waals surface area (Å²) in [5, 5.41) is 0.663. The van der Waals surface area contributed by atoms with Crippen LogP contribution in [0, 0.1) is 6.92 Å². The first kappa shape index (κ1) is 25.2. The van der Waals surface area contributed by atoms with Gasteiger partial charge in [-0.2, -0.15) is 0 Å². The van der Waals surface area contributed by atoms with Crippen LogP contribution in [0.5, 0.6) is 0 Å². The fourth-order valence-electron chi connectivity index (χ4n) is 2.55. The highest BCUT2D eigenvalue weighted by atomic mass is 35.5. The second-order valence-corrected chi connectivity index (χ2v) is 11.9. The summed E-state index contributed by atoms with van der Waals surface area (Å²) in [4.78, 5) is -0.348. The number of halogens is 5. The van der Waals surface area contributed by atoms with E-state index in [1.54, 1.807) is 6.92 Å². The first-order valence-corrected chi connectivity index (χ1v) is 13.4. The number of anilines is 2. The van der Waals surface area contributed by atoms with Crippen molar-refractivity contribution in [3.8, 4) is 0 Å². The van der Waals surface area contributed by atoms with E-state index in [-0.39, 0.29) is 46.3 Å². The molecule has 0 unspecified atom stereocenters. The maximum absolute atomic E-state index is 12.9. The van der Waals surface area contributed by atoms with Crippen molar-refractivity contribution < 1.29 is 16.8 Å². The van der Waals surface area contributed by atoms with E-state index in [4.69, 9.17) is 58.0 Å². The summed E-state index contributed by atoms with van der Waals surface area (Å²) >= 11 is 29.7. The van der Waals surface area contributed by atoms with Crippen LogP contribution in [0.3, 0.4) is 0 Å². The zero-order valence-electron chi connectivity index (χ0n) is 16.0. The van der Waals surface area contributed by atoms with Crippen LogP contribution in [0.25, 0.3) is 0 Å². The summed E-state index contributed by atoms with van der Waals surface area (Å²) in [5.41, 5.74) is 0.355. The van der Waals surface area contributed by atoms with Crippen LogP contribution in [-0.4, -0.2) is 16.8 Å². The molecule has 0 amide bonds. The van der Waals surface area contributed by atoms with Crippen LogP contribution in [0.2, 0.25) is 25.1 Å². The van der Waals surface area contributed by atoms with Crippen LogP contribution in [0.15, 0.2) is 58.3 Å². The standard InChI is InChI=1S/C19H13Cl5N2O4S2/c1-10-6-18(25-31(27,28)11-2-4-13(20)16(23)7-11)19(9-15(10)22)26-32(29,30)12-3-5-14(21)17(24)8-12/h2-9,25-26H,1H3. The third-order valence-electron chi connectivity index (χ3n) is 4.19. The zero-order chi connectivity index (χ0) is 23.8. The smallest absolute Gasteiger partial charge is 0.262 e. The van der Waals surface area contributed by atoms with Gasteiger partial charge in [-0.15, -0.1) is 0 Å². The normalized spacial score (nSPS) is 11.9. The molecule has 0 heterocycles. The molecule has 0 radical (unpaired) electrons. The Hall–Kier alpha value is -1.39.